The summed E-state index contributed by atoms with van der Waals surface area (Å²) in [5, 5.41) is 0. The summed E-state index contributed by atoms with van der Waals surface area (Å²) in [4.78, 5) is 16.5. The molecule has 9 nitrogen and oxygen atoms in total. The zero-order valence-electron chi connectivity index (χ0n) is 17.3. The van der Waals surface area contributed by atoms with E-state index in [4.69, 9.17) is 24.7 Å². The molecule has 4 rings (SSSR count). The molecule has 0 bridgehead atoms. The molecule has 3 N–H and O–H groups in total. The molecule has 3 heterocycles. The lowest BCUT2D eigenvalue weighted by atomic mass is 10.1. The van der Waals surface area contributed by atoms with Gasteiger partial charge in [-0.1, -0.05) is 0 Å². The summed E-state index contributed by atoms with van der Waals surface area (Å²) >= 11 is 0. The summed E-state index contributed by atoms with van der Waals surface area (Å²) in [6, 6.07) is 7.98. The van der Waals surface area contributed by atoms with Gasteiger partial charge in [0.05, 0.1) is 42.4 Å². The number of imidazole rings is 1. The topological polar surface area (TPSA) is 117 Å². The van der Waals surface area contributed by atoms with Gasteiger partial charge in [0.25, 0.3) is 0 Å². The molecule has 0 amide bonds. The molecule has 3 aromatic rings. The molecule has 1 saturated heterocycles. The number of ether oxygens (including phenoxy) is 4. The fourth-order valence-corrected chi connectivity index (χ4v) is 3.05. The van der Waals surface area contributed by atoms with Crippen molar-refractivity contribution in [3.63, 3.8) is 0 Å². The van der Waals surface area contributed by atoms with Gasteiger partial charge in [0.2, 0.25) is 6.29 Å². The van der Waals surface area contributed by atoms with Crippen molar-refractivity contribution in [2.75, 3.05) is 33.5 Å². The van der Waals surface area contributed by atoms with Crippen LogP contribution >= 0.6 is 0 Å². The van der Waals surface area contributed by atoms with E-state index in [2.05, 4.69) is 19.9 Å². The van der Waals surface area contributed by atoms with Crippen LogP contribution in [0.2, 0.25) is 0 Å². The summed E-state index contributed by atoms with van der Waals surface area (Å²) in [6.45, 7) is 3.24. The summed E-state index contributed by atoms with van der Waals surface area (Å²) in [6.07, 6.45) is 0.885. The average molecular weight is 429 g/mol. The molecule has 164 valence electrons. The van der Waals surface area contributed by atoms with Crippen LogP contribution in [0.15, 0.2) is 36.5 Å². The number of rotatable bonds is 7. The number of nitrogens with two attached hydrogens (primary N) is 1. The Hall–Kier alpha value is -2.92. The van der Waals surface area contributed by atoms with E-state index >= 15 is 0 Å². The van der Waals surface area contributed by atoms with Crippen LogP contribution in [0.25, 0.3) is 22.6 Å². The van der Waals surface area contributed by atoms with Crippen molar-refractivity contribution in [3.8, 4) is 28.7 Å². The number of aromatic nitrogens is 4. The molecule has 0 aliphatic carbocycles. The van der Waals surface area contributed by atoms with Crippen LogP contribution < -0.4 is 10.5 Å². The van der Waals surface area contributed by atoms with Crippen LogP contribution in [0.3, 0.4) is 0 Å². The third kappa shape index (κ3) is 5.05. The average Bonchev–Trinajstić information content (AvgIpc) is 3.20. The lowest BCUT2D eigenvalue weighted by Crippen LogP contribution is -2.50. The number of halogens is 1. The molecule has 1 fully saturated rings. The second-order valence-electron chi connectivity index (χ2n) is 7.53. The summed E-state index contributed by atoms with van der Waals surface area (Å²) < 4.78 is 35.5. The number of methoxy groups -OCH3 is 1. The van der Waals surface area contributed by atoms with Gasteiger partial charge < -0.3 is 29.7 Å². The minimum atomic E-state index is -0.705. The second-order valence-corrected chi connectivity index (χ2v) is 7.53. The Morgan fingerprint density at radius 3 is 2.61 bits per heavy atom. The van der Waals surface area contributed by atoms with Crippen LogP contribution in [0, 0.1) is 5.82 Å². The molecule has 10 heteroatoms. The van der Waals surface area contributed by atoms with Crippen LogP contribution in [0.1, 0.15) is 19.0 Å². The number of hydrogen-bond acceptors (Lipinski definition) is 8. The summed E-state index contributed by atoms with van der Waals surface area (Å²) in [7, 11) is 1.59. The maximum Gasteiger partial charge on any atom is 0.317 e. The zero-order valence-corrected chi connectivity index (χ0v) is 17.3. The standard InChI is InChI=1S/C21H24FN5O4/c1-21(23)11-30-19(31-12-21)18-26-16(13-3-5-14(22)6-4-13)17(27-18)15-7-8-24-20(25-15)29-10-9-28-2/h3-8,19H,9-12,23H2,1-2H3,(H,26,27). The highest BCUT2D eigenvalue weighted by molar-refractivity contribution is 5.76. The largest absolute Gasteiger partial charge is 0.461 e. The Bertz CT molecular complexity index is 1010. The maximum absolute atomic E-state index is 13.5. The third-order valence-electron chi connectivity index (χ3n) is 4.60. The van der Waals surface area contributed by atoms with Gasteiger partial charge in [0.15, 0.2) is 5.82 Å². The first-order valence-corrected chi connectivity index (χ1v) is 9.78. The van der Waals surface area contributed by atoms with Crippen molar-refractivity contribution < 1.29 is 23.3 Å². The SMILES string of the molecule is COCCOc1nccc(-c2[nH]c(C3OCC(C)(N)CO3)nc2-c2ccc(F)cc2)n1. The highest BCUT2D eigenvalue weighted by Crippen LogP contribution is 2.33. The van der Waals surface area contributed by atoms with Crippen molar-refractivity contribution in [1.82, 2.24) is 19.9 Å². The molecule has 31 heavy (non-hydrogen) atoms. The van der Waals surface area contributed by atoms with Gasteiger partial charge in [0, 0.05) is 18.9 Å². The van der Waals surface area contributed by atoms with Crippen LogP contribution in [-0.4, -0.2) is 59.0 Å². The van der Waals surface area contributed by atoms with Crippen molar-refractivity contribution in [2.24, 2.45) is 5.73 Å². The normalized spacial score (nSPS) is 21.2. The van der Waals surface area contributed by atoms with Crippen molar-refractivity contribution in [1.29, 1.82) is 0 Å². The number of hydrogen-bond donors (Lipinski definition) is 2. The lowest BCUT2D eigenvalue weighted by molar-refractivity contribution is -0.211. The van der Waals surface area contributed by atoms with Crippen LogP contribution in [0.5, 0.6) is 6.01 Å². The van der Waals surface area contributed by atoms with Gasteiger partial charge >= 0.3 is 6.01 Å². The van der Waals surface area contributed by atoms with Crippen molar-refractivity contribution >= 4 is 0 Å². The first kappa shape index (κ1) is 21.3. The van der Waals surface area contributed by atoms with Crippen LogP contribution in [-0.2, 0) is 14.2 Å². The van der Waals surface area contributed by atoms with Gasteiger partial charge in [-0.3, -0.25) is 0 Å². The molecular weight excluding hydrogens is 405 g/mol. The summed E-state index contributed by atoms with van der Waals surface area (Å²) in [5.41, 5.74) is 7.94. The highest BCUT2D eigenvalue weighted by atomic mass is 19.1. The first-order valence-electron chi connectivity index (χ1n) is 9.78. The van der Waals surface area contributed by atoms with E-state index in [1.165, 1.54) is 12.1 Å². The van der Waals surface area contributed by atoms with Crippen LogP contribution in [0.4, 0.5) is 4.39 Å². The molecule has 0 atom stereocenters. The Morgan fingerprint density at radius 1 is 1.16 bits per heavy atom. The third-order valence-corrected chi connectivity index (χ3v) is 4.60. The lowest BCUT2D eigenvalue weighted by Gasteiger charge is -2.33. The zero-order chi connectivity index (χ0) is 21.8. The molecule has 1 aliphatic heterocycles. The van der Waals surface area contributed by atoms with E-state index in [0.29, 0.717) is 54.9 Å². The molecule has 0 saturated carbocycles. The summed E-state index contributed by atoms with van der Waals surface area (Å²) in [5.74, 6) is 0.128. The fraction of sp³-hybridized carbons (Fsp3) is 0.381. The van der Waals surface area contributed by atoms with Gasteiger partial charge in [-0.15, -0.1) is 0 Å². The maximum atomic E-state index is 13.5. The molecule has 0 spiro atoms. The quantitative estimate of drug-likeness (QED) is 0.550. The fourth-order valence-electron chi connectivity index (χ4n) is 3.05. The Kier molecular flexibility index (Phi) is 6.23. The Morgan fingerprint density at radius 2 is 1.90 bits per heavy atom. The smallest absolute Gasteiger partial charge is 0.317 e. The minimum absolute atomic E-state index is 0.208. The van der Waals surface area contributed by atoms with Gasteiger partial charge in [-0.2, -0.15) is 4.98 Å². The van der Waals surface area contributed by atoms with Crippen molar-refractivity contribution in [2.45, 2.75) is 18.8 Å². The van der Waals surface area contributed by atoms with E-state index < -0.39 is 11.8 Å². The number of nitrogens with zero attached hydrogens (tertiary/aromatic N) is 3. The molecule has 1 aliphatic rings. The number of aromatic amines is 1. The van der Waals surface area contributed by atoms with E-state index in [9.17, 15) is 4.39 Å². The van der Waals surface area contributed by atoms with E-state index in [-0.39, 0.29) is 11.8 Å². The predicted octanol–water partition coefficient (Wildman–Crippen LogP) is 2.46. The monoisotopic (exact) mass is 429 g/mol. The Labute approximate surface area is 178 Å². The molecule has 2 aromatic heterocycles. The minimum Gasteiger partial charge on any atom is -0.461 e. The Balaban J connectivity index is 1.69. The number of benzene rings is 1. The van der Waals surface area contributed by atoms with E-state index in [0.717, 1.165) is 0 Å². The molecule has 0 unspecified atom stereocenters. The first-order chi connectivity index (χ1) is 14.9. The highest BCUT2D eigenvalue weighted by Gasteiger charge is 2.32. The predicted molar refractivity (Wildman–Crippen MR) is 110 cm³/mol. The molecule has 1 aromatic carbocycles. The van der Waals surface area contributed by atoms with Gasteiger partial charge in [-0.25, -0.2) is 14.4 Å². The van der Waals surface area contributed by atoms with E-state index in [1.54, 1.807) is 31.5 Å². The van der Waals surface area contributed by atoms with E-state index in [1.807, 2.05) is 6.92 Å². The molecule has 0 radical (unpaired) electrons. The number of H-pyrrole nitrogens is 1. The van der Waals surface area contributed by atoms with Crippen molar-refractivity contribution in [3.05, 3.63) is 48.2 Å². The van der Waals surface area contributed by atoms with Gasteiger partial charge in [-0.05, 0) is 37.3 Å². The number of nitrogens with one attached hydrogen (secondary N) is 1. The molecular formula is C21H24FN5O4. The second kappa shape index (κ2) is 9.06. The van der Waals surface area contributed by atoms with Gasteiger partial charge in [0.1, 0.15) is 12.4 Å².